The maximum Gasteiger partial charge on any atom is 0.228 e. The first-order valence-corrected chi connectivity index (χ1v) is 8.39. The van der Waals surface area contributed by atoms with E-state index >= 15 is 0 Å². The van der Waals surface area contributed by atoms with Gasteiger partial charge in [0, 0.05) is 24.5 Å². The summed E-state index contributed by atoms with van der Waals surface area (Å²) in [5.41, 5.74) is 2.79. The highest BCUT2D eigenvalue weighted by Gasteiger charge is 2.32. The molecule has 25 heavy (non-hydrogen) atoms. The van der Waals surface area contributed by atoms with Crippen LogP contribution in [0.5, 0.6) is 0 Å². The van der Waals surface area contributed by atoms with E-state index < -0.39 is 0 Å². The first-order valence-electron chi connectivity index (χ1n) is 8.39. The lowest BCUT2D eigenvalue weighted by Crippen LogP contribution is -2.41. The molecular formula is C19H20N4O2. The van der Waals surface area contributed by atoms with Crippen LogP contribution in [-0.4, -0.2) is 25.5 Å². The van der Waals surface area contributed by atoms with E-state index in [1.54, 1.807) is 6.20 Å². The molecule has 1 amide bonds. The van der Waals surface area contributed by atoms with Gasteiger partial charge in [-0.25, -0.2) is 4.98 Å². The standard InChI is InChI=1S/C19H20N4O2/c1-13-16(14(2)25-21-13)10-19(24)23-12-18-20-8-9-22(18)11-17(23)15-6-4-3-5-7-15/h3-9,17H,10-12H2,1-2H3/t17-/m0/s1. The molecule has 1 aliphatic rings. The quantitative estimate of drug-likeness (QED) is 0.738. The van der Waals surface area contributed by atoms with Gasteiger partial charge in [0.25, 0.3) is 0 Å². The van der Waals surface area contributed by atoms with Crippen molar-refractivity contribution in [3.8, 4) is 0 Å². The summed E-state index contributed by atoms with van der Waals surface area (Å²) in [4.78, 5) is 19.4. The zero-order valence-electron chi connectivity index (χ0n) is 14.3. The number of carbonyl (C=O) groups excluding carboxylic acids is 1. The van der Waals surface area contributed by atoms with E-state index in [1.807, 2.05) is 43.1 Å². The summed E-state index contributed by atoms with van der Waals surface area (Å²) in [6.45, 7) is 4.94. The third kappa shape index (κ3) is 2.84. The van der Waals surface area contributed by atoms with Crippen molar-refractivity contribution in [3.05, 3.63) is 71.1 Å². The zero-order chi connectivity index (χ0) is 17.4. The van der Waals surface area contributed by atoms with E-state index in [1.165, 1.54) is 0 Å². The Labute approximate surface area is 146 Å². The number of amides is 1. The fourth-order valence-corrected chi connectivity index (χ4v) is 3.43. The minimum atomic E-state index is -0.00382. The Morgan fingerprint density at radius 2 is 2.08 bits per heavy atom. The topological polar surface area (TPSA) is 64.2 Å². The molecule has 0 N–H and O–H groups in total. The fraction of sp³-hybridized carbons (Fsp3) is 0.316. The monoisotopic (exact) mass is 336 g/mol. The van der Waals surface area contributed by atoms with E-state index in [4.69, 9.17) is 4.52 Å². The first-order chi connectivity index (χ1) is 12.1. The molecule has 128 valence electrons. The second-order valence-electron chi connectivity index (χ2n) is 6.42. The van der Waals surface area contributed by atoms with Crippen LogP contribution in [0.25, 0.3) is 0 Å². The van der Waals surface area contributed by atoms with Crippen LogP contribution in [-0.2, 0) is 24.3 Å². The summed E-state index contributed by atoms with van der Waals surface area (Å²) in [6.07, 6.45) is 4.06. The molecule has 3 heterocycles. The van der Waals surface area contributed by atoms with E-state index in [9.17, 15) is 4.79 Å². The largest absolute Gasteiger partial charge is 0.361 e. The summed E-state index contributed by atoms with van der Waals surface area (Å²) >= 11 is 0. The van der Waals surface area contributed by atoms with Gasteiger partial charge in [-0.2, -0.15) is 0 Å². The lowest BCUT2D eigenvalue weighted by Gasteiger charge is -2.36. The van der Waals surface area contributed by atoms with Crippen molar-refractivity contribution in [3.63, 3.8) is 0 Å². The molecular weight excluding hydrogens is 316 g/mol. The lowest BCUT2D eigenvalue weighted by atomic mass is 10.0. The fourth-order valence-electron chi connectivity index (χ4n) is 3.43. The Morgan fingerprint density at radius 1 is 1.28 bits per heavy atom. The number of aryl methyl sites for hydroxylation is 2. The number of nitrogens with zero attached hydrogens (tertiary/aromatic N) is 4. The Hall–Kier alpha value is -2.89. The smallest absolute Gasteiger partial charge is 0.228 e. The van der Waals surface area contributed by atoms with Crippen LogP contribution in [0.1, 0.15) is 34.4 Å². The molecule has 0 bridgehead atoms. The third-order valence-corrected chi connectivity index (χ3v) is 4.87. The normalized spacial score (nSPS) is 16.7. The summed E-state index contributed by atoms with van der Waals surface area (Å²) in [6, 6.07) is 10.2. The summed E-state index contributed by atoms with van der Waals surface area (Å²) in [5, 5.41) is 3.96. The summed E-state index contributed by atoms with van der Waals surface area (Å²) < 4.78 is 7.32. The maximum atomic E-state index is 13.1. The summed E-state index contributed by atoms with van der Waals surface area (Å²) in [5.74, 6) is 1.69. The van der Waals surface area contributed by atoms with Gasteiger partial charge in [0.2, 0.25) is 5.91 Å². The van der Waals surface area contributed by atoms with E-state index in [0.717, 1.165) is 22.6 Å². The Kier molecular flexibility index (Phi) is 3.87. The molecule has 0 saturated heterocycles. The number of rotatable bonds is 3. The van der Waals surface area contributed by atoms with E-state index in [0.29, 0.717) is 25.3 Å². The number of carbonyl (C=O) groups is 1. The number of benzene rings is 1. The molecule has 2 aromatic heterocycles. The summed E-state index contributed by atoms with van der Waals surface area (Å²) in [7, 11) is 0. The Bertz CT molecular complexity index is 878. The number of fused-ring (bicyclic) bond motifs is 1. The highest BCUT2D eigenvalue weighted by Crippen LogP contribution is 2.30. The second-order valence-corrected chi connectivity index (χ2v) is 6.42. The van der Waals surface area contributed by atoms with Gasteiger partial charge in [-0.1, -0.05) is 35.5 Å². The van der Waals surface area contributed by atoms with Crippen LogP contribution < -0.4 is 0 Å². The Balaban J connectivity index is 1.66. The van der Waals surface area contributed by atoms with Crippen molar-refractivity contribution in [1.29, 1.82) is 0 Å². The van der Waals surface area contributed by atoms with Crippen LogP contribution in [0.4, 0.5) is 0 Å². The average molecular weight is 336 g/mol. The van der Waals surface area contributed by atoms with Crippen molar-refractivity contribution in [1.82, 2.24) is 19.6 Å². The van der Waals surface area contributed by atoms with Gasteiger partial charge in [0.05, 0.1) is 24.7 Å². The molecule has 1 atom stereocenters. The molecule has 0 radical (unpaired) electrons. The van der Waals surface area contributed by atoms with Crippen LogP contribution in [0.2, 0.25) is 0 Å². The van der Waals surface area contributed by atoms with Crippen LogP contribution in [0.3, 0.4) is 0 Å². The average Bonchev–Trinajstić information content (AvgIpc) is 3.22. The predicted molar refractivity (Wildman–Crippen MR) is 91.6 cm³/mol. The van der Waals surface area contributed by atoms with Gasteiger partial charge in [0.15, 0.2) is 0 Å². The number of hydrogen-bond acceptors (Lipinski definition) is 4. The molecule has 0 saturated carbocycles. The second kappa shape index (κ2) is 6.20. The van der Waals surface area contributed by atoms with Crippen molar-refractivity contribution in [2.24, 2.45) is 0 Å². The van der Waals surface area contributed by atoms with Crippen LogP contribution in [0, 0.1) is 13.8 Å². The molecule has 0 spiro atoms. The predicted octanol–water partition coefficient (Wildman–Crippen LogP) is 2.81. The molecule has 1 aliphatic heterocycles. The number of aromatic nitrogens is 3. The molecule has 6 nitrogen and oxygen atoms in total. The van der Waals surface area contributed by atoms with Gasteiger partial charge in [0.1, 0.15) is 11.6 Å². The highest BCUT2D eigenvalue weighted by atomic mass is 16.5. The molecule has 4 rings (SSSR count). The minimum Gasteiger partial charge on any atom is -0.361 e. The van der Waals surface area contributed by atoms with Crippen molar-refractivity contribution < 1.29 is 9.32 Å². The SMILES string of the molecule is Cc1noc(C)c1CC(=O)N1Cc2nccn2C[C@H]1c1ccccc1. The van der Waals surface area contributed by atoms with Gasteiger partial charge in [-0.15, -0.1) is 0 Å². The lowest BCUT2D eigenvalue weighted by molar-refractivity contribution is -0.135. The Morgan fingerprint density at radius 3 is 2.80 bits per heavy atom. The highest BCUT2D eigenvalue weighted by molar-refractivity contribution is 5.79. The van der Waals surface area contributed by atoms with E-state index in [2.05, 4.69) is 26.8 Å². The molecule has 0 unspecified atom stereocenters. The number of hydrogen-bond donors (Lipinski definition) is 0. The molecule has 3 aromatic rings. The zero-order valence-corrected chi connectivity index (χ0v) is 14.3. The van der Waals surface area contributed by atoms with Gasteiger partial charge in [-0.3, -0.25) is 4.79 Å². The van der Waals surface area contributed by atoms with Crippen LogP contribution >= 0.6 is 0 Å². The minimum absolute atomic E-state index is 0.00382. The van der Waals surface area contributed by atoms with Crippen LogP contribution in [0.15, 0.2) is 47.2 Å². The van der Waals surface area contributed by atoms with E-state index in [-0.39, 0.29) is 11.9 Å². The van der Waals surface area contributed by atoms with Gasteiger partial charge < -0.3 is 14.0 Å². The first kappa shape index (κ1) is 15.6. The maximum absolute atomic E-state index is 13.1. The number of imidazole rings is 1. The van der Waals surface area contributed by atoms with Crippen molar-refractivity contribution in [2.75, 3.05) is 0 Å². The molecule has 1 aromatic carbocycles. The third-order valence-electron chi connectivity index (χ3n) is 4.87. The van der Waals surface area contributed by atoms with Crippen molar-refractivity contribution in [2.45, 2.75) is 39.4 Å². The van der Waals surface area contributed by atoms with Crippen molar-refractivity contribution >= 4 is 5.91 Å². The van der Waals surface area contributed by atoms with Gasteiger partial charge >= 0.3 is 0 Å². The van der Waals surface area contributed by atoms with Gasteiger partial charge in [-0.05, 0) is 19.4 Å². The molecule has 0 fully saturated rings. The molecule has 0 aliphatic carbocycles. The molecule has 6 heteroatoms.